The number of piperazine rings is 1. The van der Waals surface area contributed by atoms with Gasteiger partial charge in [0.1, 0.15) is 22.3 Å². The van der Waals surface area contributed by atoms with E-state index < -0.39 is 10.0 Å². The van der Waals surface area contributed by atoms with Gasteiger partial charge >= 0.3 is 0 Å². The average molecular weight is 457 g/mol. The molecule has 3 heterocycles. The summed E-state index contributed by atoms with van der Waals surface area (Å²) >= 11 is 0. The predicted molar refractivity (Wildman–Crippen MR) is 122 cm³/mol. The Labute approximate surface area is 188 Å². The number of hydrogen-bond acceptors (Lipinski definition) is 7. The van der Waals surface area contributed by atoms with Gasteiger partial charge in [-0.1, -0.05) is 6.07 Å². The van der Waals surface area contributed by atoms with Crippen molar-refractivity contribution in [2.45, 2.75) is 32.6 Å². The minimum Gasteiger partial charge on any atom is -0.495 e. The maximum absolute atomic E-state index is 13.3. The molecule has 0 amide bonds. The Bertz CT molecular complexity index is 1250. The zero-order chi connectivity index (χ0) is 23.0. The standard InChI is InChI=1S/C22H28N6O3S/c1-15-6-7-19(31-5)20(12-15)32(29,30)27-10-8-26(9-11-27)21-14-22(24-18(4)23-21)28-17(3)13-16(2)25-28/h6-7,12-14H,8-11H2,1-5H3. The van der Waals surface area contributed by atoms with Gasteiger partial charge in [0.2, 0.25) is 10.0 Å². The topological polar surface area (TPSA) is 93.5 Å². The highest BCUT2D eigenvalue weighted by Gasteiger charge is 2.31. The lowest BCUT2D eigenvalue weighted by Gasteiger charge is -2.35. The summed E-state index contributed by atoms with van der Waals surface area (Å²) in [6.07, 6.45) is 0. The zero-order valence-electron chi connectivity index (χ0n) is 19.0. The SMILES string of the molecule is COc1ccc(C)cc1S(=O)(=O)N1CCN(c2cc(-n3nc(C)cc3C)nc(C)n2)CC1. The Hall–Kier alpha value is -2.98. The molecule has 0 spiro atoms. The Kier molecular flexibility index (Phi) is 5.91. The van der Waals surface area contributed by atoms with E-state index in [4.69, 9.17) is 4.74 Å². The minimum absolute atomic E-state index is 0.207. The fourth-order valence-electron chi connectivity index (χ4n) is 3.95. The molecule has 1 saturated heterocycles. The van der Waals surface area contributed by atoms with Gasteiger partial charge in [0.15, 0.2) is 5.82 Å². The van der Waals surface area contributed by atoms with Crippen LogP contribution < -0.4 is 9.64 Å². The molecule has 0 unspecified atom stereocenters. The quantitative estimate of drug-likeness (QED) is 0.582. The number of sulfonamides is 1. The summed E-state index contributed by atoms with van der Waals surface area (Å²) in [5.41, 5.74) is 2.79. The Balaban J connectivity index is 1.56. The molecule has 4 rings (SSSR count). The second kappa shape index (κ2) is 8.51. The van der Waals surface area contributed by atoms with E-state index in [-0.39, 0.29) is 4.90 Å². The van der Waals surface area contributed by atoms with Gasteiger partial charge in [-0.3, -0.25) is 0 Å². The van der Waals surface area contributed by atoms with Gasteiger partial charge in [-0.25, -0.2) is 23.1 Å². The molecule has 0 aliphatic carbocycles. The van der Waals surface area contributed by atoms with Crippen LogP contribution in [0.1, 0.15) is 22.8 Å². The van der Waals surface area contributed by atoms with Crippen molar-refractivity contribution in [1.29, 1.82) is 0 Å². The van der Waals surface area contributed by atoms with E-state index in [1.807, 2.05) is 45.9 Å². The van der Waals surface area contributed by atoms with Crippen molar-refractivity contribution >= 4 is 15.8 Å². The summed E-state index contributed by atoms with van der Waals surface area (Å²) in [6, 6.07) is 9.10. The number of anilines is 1. The molecule has 1 aliphatic heterocycles. The Morgan fingerprint density at radius 2 is 1.59 bits per heavy atom. The molecule has 1 aliphatic rings. The third-order valence-electron chi connectivity index (χ3n) is 5.54. The molecule has 170 valence electrons. The second-order valence-corrected chi connectivity index (χ2v) is 9.92. The van der Waals surface area contributed by atoms with E-state index in [1.54, 1.807) is 16.8 Å². The van der Waals surface area contributed by atoms with Gasteiger partial charge in [-0.05, 0) is 51.5 Å². The number of nitrogens with zero attached hydrogens (tertiary/aromatic N) is 6. The molecule has 9 nitrogen and oxygen atoms in total. The summed E-state index contributed by atoms with van der Waals surface area (Å²) in [5, 5.41) is 4.52. The van der Waals surface area contributed by atoms with Crippen molar-refractivity contribution in [1.82, 2.24) is 24.1 Å². The molecular formula is C22H28N6O3S. The summed E-state index contributed by atoms with van der Waals surface area (Å²) in [5.74, 6) is 2.48. The normalized spacial score (nSPS) is 15.2. The van der Waals surface area contributed by atoms with Crippen molar-refractivity contribution in [3.63, 3.8) is 0 Å². The monoisotopic (exact) mass is 456 g/mol. The van der Waals surface area contributed by atoms with Gasteiger partial charge in [0.05, 0.1) is 12.8 Å². The van der Waals surface area contributed by atoms with Crippen LogP contribution in [0, 0.1) is 27.7 Å². The van der Waals surface area contributed by atoms with E-state index in [9.17, 15) is 8.42 Å². The van der Waals surface area contributed by atoms with E-state index in [0.29, 0.717) is 43.6 Å². The van der Waals surface area contributed by atoms with Crippen LogP contribution in [0.3, 0.4) is 0 Å². The smallest absolute Gasteiger partial charge is 0.246 e. The Morgan fingerprint density at radius 3 is 2.22 bits per heavy atom. The number of ether oxygens (including phenoxy) is 1. The zero-order valence-corrected chi connectivity index (χ0v) is 19.8. The number of aromatic nitrogens is 4. The molecule has 0 radical (unpaired) electrons. The molecule has 0 N–H and O–H groups in total. The van der Waals surface area contributed by atoms with E-state index in [1.165, 1.54) is 11.4 Å². The number of benzene rings is 1. The van der Waals surface area contributed by atoms with Gasteiger partial charge in [-0.15, -0.1) is 0 Å². The fraction of sp³-hybridized carbons (Fsp3) is 0.409. The summed E-state index contributed by atoms with van der Waals surface area (Å²) in [7, 11) is -2.17. The van der Waals surface area contributed by atoms with E-state index in [0.717, 1.165) is 22.8 Å². The molecular weight excluding hydrogens is 428 g/mol. The van der Waals surface area contributed by atoms with Crippen LogP contribution in [0.5, 0.6) is 5.75 Å². The van der Waals surface area contributed by atoms with Gasteiger partial charge in [-0.2, -0.15) is 9.40 Å². The van der Waals surface area contributed by atoms with Gasteiger partial charge in [0.25, 0.3) is 0 Å². The van der Waals surface area contributed by atoms with Crippen LogP contribution in [0.2, 0.25) is 0 Å². The summed E-state index contributed by atoms with van der Waals surface area (Å²) in [6.45, 7) is 9.43. The maximum Gasteiger partial charge on any atom is 0.246 e. The molecule has 32 heavy (non-hydrogen) atoms. The number of rotatable bonds is 5. The molecule has 3 aromatic rings. The second-order valence-electron chi connectivity index (χ2n) is 8.02. The number of hydrogen-bond donors (Lipinski definition) is 0. The highest BCUT2D eigenvalue weighted by molar-refractivity contribution is 7.89. The lowest BCUT2D eigenvalue weighted by Crippen LogP contribution is -2.49. The summed E-state index contributed by atoms with van der Waals surface area (Å²) < 4.78 is 35.2. The first-order chi connectivity index (χ1) is 15.2. The van der Waals surface area contributed by atoms with Crippen LogP contribution in [-0.4, -0.2) is 65.8 Å². The number of methoxy groups -OCH3 is 1. The minimum atomic E-state index is -3.66. The highest BCUT2D eigenvalue weighted by Crippen LogP contribution is 2.29. The van der Waals surface area contributed by atoms with Crippen LogP contribution in [-0.2, 0) is 10.0 Å². The molecule has 1 fully saturated rings. The first kappa shape index (κ1) is 22.2. The van der Waals surface area contributed by atoms with Crippen LogP contribution in [0.15, 0.2) is 35.2 Å². The van der Waals surface area contributed by atoms with Crippen molar-refractivity contribution in [2.24, 2.45) is 0 Å². The molecule has 0 atom stereocenters. The molecule has 2 aromatic heterocycles. The third kappa shape index (κ3) is 4.20. The Morgan fingerprint density at radius 1 is 0.906 bits per heavy atom. The van der Waals surface area contributed by atoms with Crippen molar-refractivity contribution in [2.75, 3.05) is 38.2 Å². The molecule has 10 heteroatoms. The summed E-state index contributed by atoms with van der Waals surface area (Å²) in [4.78, 5) is 11.4. The van der Waals surface area contributed by atoms with Crippen molar-refractivity contribution < 1.29 is 13.2 Å². The number of aryl methyl sites for hydroxylation is 4. The third-order valence-corrected chi connectivity index (χ3v) is 7.46. The van der Waals surface area contributed by atoms with Crippen LogP contribution in [0.4, 0.5) is 5.82 Å². The molecule has 0 saturated carbocycles. The largest absolute Gasteiger partial charge is 0.495 e. The average Bonchev–Trinajstić information content (AvgIpc) is 3.11. The van der Waals surface area contributed by atoms with E-state index in [2.05, 4.69) is 20.0 Å². The van der Waals surface area contributed by atoms with Crippen LogP contribution in [0.25, 0.3) is 5.82 Å². The fourth-order valence-corrected chi connectivity index (χ4v) is 5.61. The maximum atomic E-state index is 13.3. The van der Waals surface area contributed by atoms with Crippen molar-refractivity contribution in [3.8, 4) is 11.6 Å². The molecule has 1 aromatic carbocycles. The highest BCUT2D eigenvalue weighted by atomic mass is 32.2. The molecule has 0 bridgehead atoms. The van der Waals surface area contributed by atoms with Gasteiger partial charge in [0, 0.05) is 37.9 Å². The van der Waals surface area contributed by atoms with Crippen molar-refractivity contribution in [3.05, 3.63) is 53.1 Å². The first-order valence-corrected chi connectivity index (χ1v) is 11.9. The van der Waals surface area contributed by atoms with Crippen LogP contribution >= 0.6 is 0 Å². The van der Waals surface area contributed by atoms with E-state index >= 15 is 0 Å². The lowest BCUT2D eigenvalue weighted by atomic mass is 10.2. The first-order valence-electron chi connectivity index (χ1n) is 10.5. The lowest BCUT2D eigenvalue weighted by molar-refractivity contribution is 0.373. The van der Waals surface area contributed by atoms with Gasteiger partial charge < -0.3 is 9.64 Å². The predicted octanol–water partition coefficient (Wildman–Crippen LogP) is 2.42.